The van der Waals surface area contributed by atoms with Gasteiger partial charge >= 0.3 is 5.97 Å². The Morgan fingerprint density at radius 1 is 1.10 bits per heavy atom. The van der Waals surface area contributed by atoms with Crippen molar-refractivity contribution in [2.24, 2.45) is 0 Å². The van der Waals surface area contributed by atoms with Gasteiger partial charge in [0.15, 0.2) is 28.1 Å². The Balaban J connectivity index is 1.66. The van der Waals surface area contributed by atoms with Crippen molar-refractivity contribution < 1.29 is 38.1 Å². The molecule has 1 aliphatic heterocycles. The Morgan fingerprint density at radius 2 is 1.88 bits per heavy atom. The van der Waals surface area contributed by atoms with Gasteiger partial charge in [0.2, 0.25) is 5.78 Å². The molecule has 0 saturated carbocycles. The number of ketones is 1. The maximum Gasteiger partial charge on any atom is 0.350 e. The summed E-state index contributed by atoms with van der Waals surface area (Å²) < 4.78 is 22.1. The number of ether oxygens (including phenoxy) is 3. The van der Waals surface area contributed by atoms with Gasteiger partial charge in [-0.25, -0.2) is 9.78 Å². The number of Topliss-reactive ketones (excluding diaryl/α,β-unsaturated/α-hetero) is 1. The van der Waals surface area contributed by atoms with Crippen LogP contribution in [0.2, 0.25) is 0 Å². The van der Waals surface area contributed by atoms with Gasteiger partial charge in [0.05, 0.1) is 37.6 Å². The van der Waals surface area contributed by atoms with Gasteiger partial charge in [0, 0.05) is 5.39 Å². The van der Waals surface area contributed by atoms with Gasteiger partial charge in [-0.2, -0.15) is 0 Å². The number of benzene rings is 2. The molecular formula is C29H26N2O8S. The number of hydrogen-bond acceptors (Lipinski definition) is 10. The minimum atomic E-state index is -1.11. The predicted molar refractivity (Wildman–Crippen MR) is 147 cm³/mol. The van der Waals surface area contributed by atoms with E-state index in [0.29, 0.717) is 40.3 Å². The zero-order chi connectivity index (χ0) is 28.6. The zero-order valence-corrected chi connectivity index (χ0v) is 23.0. The number of methoxy groups -OCH3 is 1. The van der Waals surface area contributed by atoms with E-state index in [2.05, 4.69) is 4.98 Å². The number of aliphatic hydroxyl groups excluding tert-OH is 1. The summed E-state index contributed by atoms with van der Waals surface area (Å²) in [6.07, 6.45) is 0. The SMILES string of the molecule is CCOC(=O)c1sc(N2C(=O)C(O)=C(C(=O)c3cc4ccccc4o3)C2c2ccc(OCC)c(OC)c2)nc1C. The van der Waals surface area contributed by atoms with Gasteiger partial charge in [-0.15, -0.1) is 0 Å². The van der Waals surface area contributed by atoms with Crippen LogP contribution in [-0.4, -0.2) is 48.1 Å². The van der Waals surface area contributed by atoms with Gasteiger partial charge in [0.25, 0.3) is 5.91 Å². The van der Waals surface area contributed by atoms with E-state index in [9.17, 15) is 19.5 Å². The summed E-state index contributed by atoms with van der Waals surface area (Å²) >= 11 is 0.935. The summed E-state index contributed by atoms with van der Waals surface area (Å²) in [5.74, 6) is -2.03. The average Bonchev–Trinajstić information content (AvgIpc) is 3.63. The highest BCUT2D eigenvalue weighted by atomic mass is 32.1. The maximum atomic E-state index is 13.9. The van der Waals surface area contributed by atoms with Gasteiger partial charge in [-0.3, -0.25) is 14.5 Å². The number of esters is 1. The van der Waals surface area contributed by atoms with E-state index in [1.807, 2.05) is 13.0 Å². The summed E-state index contributed by atoms with van der Waals surface area (Å²) in [4.78, 5) is 45.8. The second-order valence-corrected chi connectivity index (χ2v) is 9.77. The van der Waals surface area contributed by atoms with Crippen LogP contribution < -0.4 is 14.4 Å². The molecule has 1 unspecified atom stereocenters. The highest BCUT2D eigenvalue weighted by Gasteiger charge is 2.47. The summed E-state index contributed by atoms with van der Waals surface area (Å²) in [6.45, 7) is 5.71. The van der Waals surface area contributed by atoms with Crippen LogP contribution in [0, 0.1) is 6.92 Å². The molecular weight excluding hydrogens is 536 g/mol. The van der Waals surface area contributed by atoms with Crippen LogP contribution in [0.3, 0.4) is 0 Å². The minimum Gasteiger partial charge on any atom is -0.503 e. The molecule has 1 aliphatic rings. The van der Waals surface area contributed by atoms with Crippen molar-refractivity contribution >= 4 is 45.1 Å². The van der Waals surface area contributed by atoms with Crippen molar-refractivity contribution in [3.05, 3.63) is 81.8 Å². The molecule has 0 radical (unpaired) electrons. The average molecular weight is 563 g/mol. The van der Waals surface area contributed by atoms with E-state index < -0.39 is 29.5 Å². The fourth-order valence-corrected chi connectivity index (χ4v) is 5.56. The lowest BCUT2D eigenvalue weighted by Crippen LogP contribution is -2.31. The molecule has 4 aromatic rings. The molecule has 0 fully saturated rings. The van der Waals surface area contributed by atoms with Crippen LogP contribution in [0.5, 0.6) is 11.5 Å². The zero-order valence-electron chi connectivity index (χ0n) is 22.2. The maximum absolute atomic E-state index is 13.9. The van der Waals surface area contributed by atoms with Crippen molar-refractivity contribution in [1.29, 1.82) is 0 Å². The molecule has 1 amide bonds. The molecule has 0 spiro atoms. The lowest BCUT2D eigenvalue weighted by molar-refractivity contribution is -0.117. The second kappa shape index (κ2) is 10.9. The molecule has 1 atom stereocenters. The van der Waals surface area contributed by atoms with Crippen molar-refractivity contribution in [3.8, 4) is 11.5 Å². The quantitative estimate of drug-likeness (QED) is 0.206. The molecule has 2 aromatic heterocycles. The molecule has 5 rings (SSSR count). The second-order valence-electron chi connectivity index (χ2n) is 8.79. The Morgan fingerprint density at radius 3 is 2.58 bits per heavy atom. The summed E-state index contributed by atoms with van der Waals surface area (Å²) in [5.41, 5.74) is 1.09. The van der Waals surface area contributed by atoms with E-state index in [4.69, 9.17) is 18.6 Å². The normalized spacial score (nSPS) is 15.2. The van der Waals surface area contributed by atoms with Gasteiger partial charge in [-0.1, -0.05) is 35.6 Å². The molecule has 0 saturated heterocycles. The van der Waals surface area contributed by atoms with Crippen LogP contribution in [0.25, 0.3) is 11.0 Å². The first-order valence-electron chi connectivity index (χ1n) is 12.5. The topological polar surface area (TPSA) is 128 Å². The first-order chi connectivity index (χ1) is 19.3. The largest absolute Gasteiger partial charge is 0.503 e. The number of rotatable bonds is 9. The lowest BCUT2D eigenvalue weighted by atomic mass is 9.95. The van der Waals surface area contributed by atoms with E-state index in [1.54, 1.807) is 56.3 Å². The number of amides is 1. The van der Waals surface area contributed by atoms with Crippen molar-refractivity contribution in [3.63, 3.8) is 0 Å². The number of nitrogens with zero attached hydrogens (tertiary/aromatic N) is 2. The highest BCUT2D eigenvalue weighted by molar-refractivity contribution is 7.17. The Labute approximate surface area is 233 Å². The number of hydrogen-bond donors (Lipinski definition) is 1. The van der Waals surface area contributed by atoms with E-state index in [0.717, 1.165) is 11.3 Å². The summed E-state index contributed by atoms with van der Waals surface area (Å²) in [6, 6.07) is 12.5. The minimum absolute atomic E-state index is 0.0390. The molecule has 40 heavy (non-hydrogen) atoms. The first-order valence-corrected chi connectivity index (χ1v) is 13.4. The van der Waals surface area contributed by atoms with Crippen molar-refractivity contribution in [2.45, 2.75) is 26.8 Å². The molecule has 2 aromatic carbocycles. The number of carbonyl (C=O) groups is 3. The Bertz CT molecular complexity index is 1630. The van der Waals surface area contributed by atoms with Crippen LogP contribution in [0.15, 0.2) is 64.3 Å². The number of carbonyl (C=O) groups excluding carboxylic acids is 3. The van der Waals surface area contributed by atoms with Crippen molar-refractivity contribution in [2.75, 3.05) is 25.2 Å². The van der Waals surface area contributed by atoms with E-state index in [-0.39, 0.29) is 27.9 Å². The summed E-state index contributed by atoms with van der Waals surface area (Å²) in [5, 5.41) is 11.9. The predicted octanol–water partition coefficient (Wildman–Crippen LogP) is 5.56. The van der Waals surface area contributed by atoms with Gasteiger partial charge in [-0.05, 0) is 50.6 Å². The fourth-order valence-electron chi connectivity index (χ4n) is 4.58. The number of furan rings is 1. The van der Waals surface area contributed by atoms with Crippen LogP contribution >= 0.6 is 11.3 Å². The van der Waals surface area contributed by atoms with Gasteiger partial charge < -0.3 is 23.7 Å². The monoisotopic (exact) mass is 562 g/mol. The number of anilines is 1. The Kier molecular flexibility index (Phi) is 7.31. The van der Waals surface area contributed by atoms with Gasteiger partial charge in [0.1, 0.15) is 10.5 Å². The number of aryl methyl sites for hydroxylation is 1. The van der Waals surface area contributed by atoms with E-state index >= 15 is 0 Å². The highest BCUT2D eigenvalue weighted by Crippen LogP contribution is 2.45. The van der Waals surface area contributed by atoms with Crippen LogP contribution in [-0.2, 0) is 9.53 Å². The Hall–Kier alpha value is -4.64. The number of para-hydroxylation sites is 1. The van der Waals surface area contributed by atoms with Crippen LogP contribution in [0.1, 0.15) is 51.4 Å². The van der Waals surface area contributed by atoms with E-state index in [1.165, 1.54) is 12.0 Å². The lowest BCUT2D eigenvalue weighted by Gasteiger charge is -2.25. The number of fused-ring (bicyclic) bond motifs is 1. The molecule has 0 bridgehead atoms. The third-order valence-corrected chi connectivity index (χ3v) is 7.49. The summed E-state index contributed by atoms with van der Waals surface area (Å²) in [7, 11) is 1.47. The van der Waals surface area contributed by atoms with Crippen molar-refractivity contribution in [1.82, 2.24) is 4.98 Å². The number of aromatic nitrogens is 1. The fraction of sp³-hybridized carbons (Fsp3) is 0.241. The standard InChI is InChI=1S/C29H26N2O8S/c1-5-37-19-12-11-17(14-20(19)36-4)23-22(24(32)21-13-16-9-7-8-10-18(16)39-21)25(33)27(34)31(23)29-30-15(3)26(40-29)28(35)38-6-2/h7-14,23,33H,5-6H2,1-4H3. The first kappa shape index (κ1) is 26.9. The third kappa shape index (κ3) is 4.58. The molecule has 206 valence electrons. The molecule has 1 N–H and O–H groups in total. The third-order valence-electron chi connectivity index (χ3n) is 6.36. The smallest absolute Gasteiger partial charge is 0.350 e. The molecule has 11 heteroatoms. The number of aliphatic hydroxyl groups is 1. The molecule has 3 heterocycles. The molecule has 10 nitrogen and oxygen atoms in total. The number of thiazole rings is 1. The molecule has 0 aliphatic carbocycles. The van der Waals surface area contributed by atoms with Crippen LogP contribution in [0.4, 0.5) is 5.13 Å².